The van der Waals surface area contributed by atoms with Crippen LogP contribution in [-0.2, 0) is 7.05 Å². The summed E-state index contributed by atoms with van der Waals surface area (Å²) < 4.78 is 1.39. The van der Waals surface area contributed by atoms with Crippen LogP contribution in [0.2, 0.25) is 0 Å². The van der Waals surface area contributed by atoms with E-state index < -0.39 is 0 Å². The average Bonchev–Trinajstić information content (AvgIpc) is 2.21. The summed E-state index contributed by atoms with van der Waals surface area (Å²) in [4.78, 5) is 24.8. The van der Waals surface area contributed by atoms with E-state index in [0.717, 1.165) is 6.54 Å². The van der Waals surface area contributed by atoms with Crippen molar-refractivity contribution in [3.05, 3.63) is 34.2 Å². The molecule has 0 spiro atoms. The molecule has 0 bridgehead atoms. The summed E-state index contributed by atoms with van der Waals surface area (Å²) >= 11 is 0. The third-order valence-corrected chi connectivity index (χ3v) is 2.19. The Bertz CT molecular complexity index is 423. The Balaban J connectivity index is 2.60. The molecular weight excluding hydrogens is 206 g/mol. The Hall–Kier alpha value is -1.62. The number of aryl methyl sites for hydroxylation is 1. The minimum atomic E-state index is -0.155. The van der Waals surface area contributed by atoms with Crippen LogP contribution in [0.4, 0.5) is 0 Å². The number of hydrogen-bond donors (Lipinski definition) is 1. The van der Waals surface area contributed by atoms with Gasteiger partial charge in [0.05, 0.1) is 5.56 Å². The molecule has 0 aromatic carbocycles. The van der Waals surface area contributed by atoms with Gasteiger partial charge in [0, 0.05) is 32.4 Å². The Morgan fingerprint density at radius 1 is 1.44 bits per heavy atom. The highest BCUT2D eigenvalue weighted by molar-refractivity contribution is 5.93. The number of likely N-dealkylation sites (N-methyl/N-ethyl adjacent to an activating group) is 1. The van der Waals surface area contributed by atoms with Crippen LogP contribution in [0.5, 0.6) is 0 Å². The van der Waals surface area contributed by atoms with Gasteiger partial charge in [-0.1, -0.05) is 0 Å². The van der Waals surface area contributed by atoms with Crippen LogP contribution in [0.15, 0.2) is 23.1 Å². The molecule has 1 aromatic heterocycles. The summed E-state index contributed by atoms with van der Waals surface area (Å²) in [6, 6.07) is 2.92. The minimum Gasteiger partial charge on any atom is -0.351 e. The van der Waals surface area contributed by atoms with Gasteiger partial charge in [-0.25, -0.2) is 0 Å². The van der Waals surface area contributed by atoms with Crippen molar-refractivity contribution in [3.63, 3.8) is 0 Å². The van der Waals surface area contributed by atoms with E-state index in [9.17, 15) is 9.59 Å². The first-order chi connectivity index (χ1) is 7.50. The molecule has 0 fully saturated rings. The molecule has 5 heteroatoms. The smallest absolute Gasteiger partial charge is 0.252 e. The van der Waals surface area contributed by atoms with Gasteiger partial charge in [-0.15, -0.1) is 0 Å². The van der Waals surface area contributed by atoms with Crippen molar-refractivity contribution in [1.29, 1.82) is 0 Å². The van der Waals surface area contributed by atoms with Crippen molar-refractivity contribution in [2.24, 2.45) is 7.05 Å². The number of aromatic nitrogens is 1. The van der Waals surface area contributed by atoms with Crippen molar-refractivity contribution in [3.8, 4) is 0 Å². The zero-order valence-corrected chi connectivity index (χ0v) is 9.86. The summed E-state index contributed by atoms with van der Waals surface area (Å²) in [7, 11) is 5.51. The van der Waals surface area contributed by atoms with E-state index in [1.54, 1.807) is 7.05 Å². The van der Waals surface area contributed by atoms with E-state index >= 15 is 0 Å². The van der Waals surface area contributed by atoms with Gasteiger partial charge in [0.2, 0.25) is 5.56 Å². The molecule has 5 nitrogen and oxygen atoms in total. The molecule has 0 aliphatic heterocycles. The second-order valence-electron chi connectivity index (χ2n) is 3.93. The zero-order valence-electron chi connectivity index (χ0n) is 9.86. The first-order valence-corrected chi connectivity index (χ1v) is 5.10. The van der Waals surface area contributed by atoms with E-state index in [1.165, 1.54) is 22.9 Å². The Kier molecular flexibility index (Phi) is 4.25. The number of rotatable bonds is 4. The third kappa shape index (κ3) is 3.51. The number of nitrogens with one attached hydrogen (secondary N) is 1. The molecule has 0 atom stereocenters. The molecule has 1 aromatic rings. The molecule has 1 N–H and O–H groups in total. The monoisotopic (exact) mass is 223 g/mol. The molecule has 0 unspecified atom stereocenters. The van der Waals surface area contributed by atoms with E-state index in [4.69, 9.17) is 0 Å². The SMILES string of the molecule is CN(C)CCNC(=O)c1ccc(=O)n(C)c1. The fourth-order valence-electron chi connectivity index (χ4n) is 1.22. The fourth-order valence-corrected chi connectivity index (χ4v) is 1.22. The lowest BCUT2D eigenvalue weighted by molar-refractivity contribution is 0.0950. The van der Waals surface area contributed by atoms with Gasteiger partial charge in [-0.3, -0.25) is 9.59 Å². The van der Waals surface area contributed by atoms with E-state index in [-0.39, 0.29) is 11.5 Å². The summed E-state index contributed by atoms with van der Waals surface area (Å²) in [5, 5.41) is 2.78. The Morgan fingerprint density at radius 3 is 2.69 bits per heavy atom. The first kappa shape index (κ1) is 12.4. The van der Waals surface area contributed by atoms with Crippen LogP contribution in [0.3, 0.4) is 0 Å². The normalized spacial score (nSPS) is 10.5. The zero-order chi connectivity index (χ0) is 12.1. The standard InChI is InChI=1S/C11H17N3O2/c1-13(2)7-6-12-11(16)9-4-5-10(15)14(3)8-9/h4-5,8H,6-7H2,1-3H3,(H,12,16). The van der Waals surface area contributed by atoms with Crippen molar-refractivity contribution in [1.82, 2.24) is 14.8 Å². The summed E-state index contributed by atoms with van der Waals surface area (Å²) in [6.07, 6.45) is 1.54. The second kappa shape index (κ2) is 5.46. The van der Waals surface area contributed by atoms with Gasteiger partial charge < -0.3 is 14.8 Å². The topological polar surface area (TPSA) is 54.3 Å². The maximum absolute atomic E-state index is 11.6. The number of carbonyl (C=O) groups is 1. The van der Waals surface area contributed by atoms with Gasteiger partial charge >= 0.3 is 0 Å². The first-order valence-electron chi connectivity index (χ1n) is 5.10. The van der Waals surface area contributed by atoms with Crippen LogP contribution in [0.1, 0.15) is 10.4 Å². The Labute approximate surface area is 94.7 Å². The molecule has 0 aliphatic rings. The lowest BCUT2D eigenvalue weighted by Crippen LogP contribution is -2.32. The number of pyridine rings is 1. The van der Waals surface area contributed by atoms with Gasteiger partial charge in [0.1, 0.15) is 0 Å². The Morgan fingerprint density at radius 2 is 2.12 bits per heavy atom. The summed E-state index contributed by atoms with van der Waals surface area (Å²) in [6.45, 7) is 1.38. The van der Waals surface area contributed by atoms with Gasteiger partial charge in [0.15, 0.2) is 0 Å². The second-order valence-corrected chi connectivity index (χ2v) is 3.93. The van der Waals surface area contributed by atoms with Crippen LogP contribution >= 0.6 is 0 Å². The van der Waals surface area contributed by atoms with Crippen molar-refractivity contribution < 1.29 is 4.79 Å². The lowest BCUT2D eigenvalue weighted by atomic mass is 10.2. The maximum Gasteiger partial charge on any atom is 0.252 e. The number of carbonyl (C=O) groups excluding carboxylic acids is 1. The minimum absolute atomic E-state index is 0.121. The lowest BCUT2D eigenvalue weighted by Gasteiger charge is -2.10. The number of amides is 1. The van der Waals surface area contributed by atoms with Crippen LogP contribution < -0.4 is 10.9 Å². The predicted molar refractivity (Wildman–Crippen MR) is 62.6 cm³/mol. The highest BCUT2D eigenvalue weighted by atomic mass is 16.2. The summed E-state index contributed by atoms with van der Waals surface area (Å²) in [5.41, 5.74) is 0.380. The van der Waals surface area contributed by atoms with Gasteiger partial charge in [-0.05, 0) is 20.2 Å². The van der Waals surface area contributed by atoms with Crippen molar-refractivity contribution in [2.45, 2.75) is 0 Å². The molecule has 16 heavy (non-hydrogen) atoms. The number of nitrogens with zero attached hydrogens (tertiary/aromatic N) is 2. The fraction of sp³-hybridized carbons (Fsp3) is 0.455. The molecule has 1 amide bonds. The quantitative estimate of drug-likeness (QED) is 0.761. The summed E-state index contributed by atoms with van der Waals surface area (Å²) in [5.74, 6) is -0.155. The third-order valence-electron chi connectivity index (χ3n) is 2.19. The molecule has 1 heterocycles. The highest BCUT2D eigenvalue weighted by Gasteiger charge is 2.05. The molecule has 1 rings (SSSR count). The molecule has 0 saturated carbocycles. The maximum atomic E-state index is 11.6. The molecule has 0 radical (unpaired) electrons. The van der Waals surface area contributed by atoms with Crippen LogP contribution in [0.25, 0.3) is 0 Å². The largest absolute Gasteiger partial charge is 0.351 e. The number of hydrogen-bond acceptors (Lipinski definition) is 3. The van der Waals surface area contributed by atoms with Crippen LogP contribution in [-0.4, -0.2) is 42.6 Å². The predicted octanol–water partition coefficient (Wildman–Crippen LogP) is -0.323. The van der Waals surface area contributed by atoms with E-state index in [1.807, 2.05) is 19.0 Å². The van der Waals surface area contributed by atoms with Gasteiger partial charge in [0.25, 0.3) is 5.91 Å². The van der Waals surface area contributed by atoms with Gasteiger partial charge in [-0.2, -0.15) is 0 Å². The molecular formula is C11H17N3O2. The molecule has 0 saturated heterocycles. The molecule has 88 valence electrons. The van der Waals surface area contributed by atoms with E-state index in [2.05, 4.69) is 5.32 Å². The highest BCUT2D eigenvalue weighted by Crippen LogP contribution is 1.94. The van der Waals surface area contributed by atoms with Crippen molar-refractivity contribution >= 4 is 5.91 Å². The molecule has 0 aliphatic carbocycles. The van der Waals surface area contributed by atoms with Crippen LogP contribution in [0, 0.1) is 0 Å². The average molecular weight is 223 g/mol. The van der Waals surface area contributed by atoms with E-state index in [0.29, 0.717) is 12.1 Å². The van der Waals surface area contributed by atoms with Crippen molar-refractivity contribution in [2.75, 3.05) is 27.2 Å².